The first-order chi connectivity index (χ1) is 6.68. The maximum Gasteiger partial charge on any atom is 0.124 e. The fourth-order valence-corrected chi connectivity index (χ4v) is 2.64. The maximum atomic E-state index is 5.87. The largest absolute Gasteiger partial charge is 0.357 e. The van der Waals surface area contributed by atoms with E-state index in [9.17, 15) is 0 Å². The number of nitrogens with zero attached hydrogens (tertiary/aromatic N) is 1. The SMILES string of the molecule is CC1CNC(C2CCCN2C(C)C)O1. The van der Waals surface area contributed by atoms with Crippen LogP contribution in [0, 0.1) is 0 Å². The number of ether oxygens (including phenoxy) is 1. The fourth-order valence-electron chi connectivity index (χ4n) is 2.64. The lowest BCUT2D eigenvalue weighted by atomic mass is 10.2. The van der Waals surface area contributed by atoms with Gasteiger partial charge in [0.05, 0.1) is 6.10 Å². The minimum Gasteiger partial charge on any atom is -0.357 e. The van der Waals surface area contributed by atoms with Gasteiger partial charge in [-0.1, -0.05) is 0 Å². The van der Waals surface area contributed by atoms with Gasteiger partial charge in [-0.25, -0.2) is 0 Å². The van der Waals surface area contributed by atoms with Crippen LogP contribution in [0.25, 0.3) is 0 Å². The molecule has 1 N–H and O–H groups in total. The molecule has 82 valence electrons. The molecule has 3 atom stereocenters. The first-order valence-electron chi connectivity index (χ1n) is 5.83. The predicted octanol–water partition coefficient (Wildman–Crippen LogP) is 1.19. The zero-order chi connectivity index (χ0) is 10.1. The highest BCUT2D eigenvalue weighted by molar-refractivity contribution is 4.89. The van der Waals surface area contributed by atoms with Crippen LogP contribution in [0.5, 0.6) is 0 Å². The van der Waals surface area contributed by atoms with Crippen LogP contribution in [0.4, 0.5) is 0 Å². The van der Waals surface area contributed by atoms with E-state index in [1.807, 2.05) is 0 Å². The van der Waals surface area contributed by atoms with Crippen molar-refractivity contribution >= 4 is 0 Å². The van der Waals surface area contributed by atoms with Crippen LogP contribution in [0.3, 0.4) is 0 Å². The van der Waals surface area contributed by atoms with Crippen molar-refractivity contribution in [1.82, 2.24) is 10.2 Å². The summed E-state index contributed by atoms with van der Waals surface area (Å²) in [4.78, 5) is 2.57. The second-order valence-corrected chi connectivity index (χ2v) is 4.82. The molecule has 0 aromatic heterocycles. The van der Waals surface area contributed by atoms with E-state index in [1.165, 1.54) is 19.4 Å². The van der Waals surface area contributed by atoms with Crippen LogP contribution < -0.4 is 5.32 Å². The van der Waals surface area contributed by atoms with E-state index in [0.29, 0.717) is 18.2 Å². The Bertz CT molecular complexity index is 196. The molecule has 2 rings (SSSR count). The Morgan fingerprint density at radius 2 is 2.21 bits per heavy atom. The summed E-state index contributed by atoms with van der Waals surface area (Å²) in [5.41, 5.74) is 0. The van der Waals surface area contributed by atoms with Gasteiger partial charge in [0.15, 0.2) is 0 Å². The number of rotatable bonds is 2. The second-order valence-electron chi connectivity index (χ2n) is 4.82. The summed E-state index contributed by atoms with van der Waals surface area (Å²) in [5.74, 6) is 0. The molecule has 2 aliphatic heterocycles. The summed E-state index contributed by atoms with van der Waals surface area (Å²) in [5, 5.41) is 3.47. The standard InChI is InChI=1S/C11H22N2O/c1-8(2)13-6-4-5-10(13)11-12-7-9(3)14-11/h8-12H,4-7H2,1-3H3. The highest BCUT2D eigenvalue weighted by Crippen LogP contribution is 2.25. The lowest BCUT2D eigenvalue weighted by Gasteiger charge is -2.31. The molecule has 14 heavy (non-hydrogen) atoms. The molecule has 0 aromatic rings. The molecule has 0 bridgehead atoms. The molecular weight excluding hydrogens is 176 g/mol. The molecule has 3 nitrogen and oxygen atoms in total. The molecule has 0 aromatic carbocycles. The van der Waals surface area contributed by atoms with E-state index < -0.39 is 0 Å². The minimum atomic E-state index is 0.273. The number of hydrogen-bond acceptors (Lipinski definition) is 3. The first kappa shape index (κ1) is 10.4. The molecule has 2 saturated heterocycles. The molecule has 0 radical (unpaired) electrons. The molecule has 3 heteroatoms. The molecule has 0 spiro atoms. The van der Waals surface area contributed by atoms with E-state index in [2.05, 4.69) is 31.0 Å². The average Bonchev–Trinajstić information content (AvgIpc) is 2.70. The normalized spacial score (nSPS) is 39.9. The van der Waals surface area contributed by atoms with Gasteiger partial charge in [0.25, 0.3) is 0 Å². The average molecular weight is 198 g/mol. The van der Waals surface area contributed by atoms with E-state index >= 15 is 0 Å². The maximum absolute atomic E-state index is 5.87. The molecule has 0 aliphatic carbocycles. The van der Waals surface area contributed by atoms with Crippen LogP contribution in [0.15, 0.2) is 0 Å². The van der Waals surface area contributed by atoms with Crippen molar-refractivity contribution in [2.45, 2.75) is 58.0 Å². The molecule has 2 fully saturated rings. The van der Waals surface area contributed by atoms with Gasteiger partial charge in [0.2, 0.25) is 0 Å². The van der Waals surface area contributed by atoms with Crippen molar-refractivity contribution < 1.29 is 4.74 Å². The van der Waals surface area contributed by atoms with Gasteiger partial charge >= 0.3 is 0 Å². The number of hydrogen-bond donors (Lipinski definition) is 1. The van der Waals surface area contributed by atoms with Gasteiger partial charge in [-0.05, 0) is 40.2 Å². The predicted molar refractivity (Wildman–Crippen MR) is 57.2 cm³/mol. The highest BCUT2D eigenvalue weighted by Gasteiger charge is 2.36. The third-order valence-electron chi connectivity index (χ3n) is 3.34. The third kappa shape index (κ3) is 1.95. The lowest BCUT2D eigenvalue weighted by Crippen LogP contribution is -2.47. The van der Waals surface area contributed by atoms with Crippen molar-refractivity contribution in [3.63, 3.8) is 0 Å². The highest BCUT2D eigenvalue weighted by atomic mass is 16.5. The lowest BCUT2D eigenvalue weighted by molar-refractivity contribution is -0.00804. The van der Waals surface area contributed by atoms with Gasteiger partial charge in [-0.2, -0.15) is 0 Å². The van der Waals surface area contributed by atoms with Gasteiger partial charge in [-0.15, -0.1) is 0 Å². The molecular formula is C11H22N2O. The minimum absolute atomic E-state index is 0.273. The van der Waals surface area contributed by atoms with Crippen LogP contribution in [0.2, 0.25) is 0 Å². The topological polar surface area (TPSA) is 24.5 Å². The fraction of sp³-hybridized carbons (Fsp3) is 1.00. The molecule has 3 unspecified atom stereocenters. The van der Waals surface area contributed by atoms with E-state index in [-0.39, 0.29) is 6.23 Å². The van der Waals surface area contributed by atoms with Gasteiger partial charge in [0, 0.05) is 18.6 Å². The van der Waals surface area contributed by atoms with Gasteiger partial charge in [0.1, 0.15) is 6.23 Å². The smallest absolute Gasteiger partial charge is 0.124 e. The zero-order valence-corrected chi connectivity index (χ0v) is 9.49. The van der Waals surface area contributed by atoms with E-state index in [4.69, 9.17) is 4.74 Å². The number of likely N-dealkylation sites (tertiary alicyclic amines) is 1. The Hall–Kier alpha value is -0.120. The summed E-state index contributed by atoms with van der Waals surface area (Å²) in [6, 6.07) is 1.24. The number of nitrogens with one attached hydrogen (secondary N) is 1. The zero-order valence-electron chi connectivity index (χ0n) is 9.49. The van der Waals surface area contributed by atoms with Crippen molar-refractivity contribution in [1.29, 1.82) is 0 Å². The summed E-state index contributed by atoms with van der Waals surface area (Å²) >= 11 is 0. The van der Waals surface area contributed by atoms with Crippen molar-refractivity contribution in [3.8, 4) is 0 Å². The quantitative estimate of drug-likeness (QED) is 0.721. The second kappa shape index (κ2) is 4.17. The van der Waals surface area contributed by atoms with Crippen LogP contribution in [0.1, 0.15) is 33.6 Å². The van der Waals surface area contributed by atoms with Crippen LogP contribution in [-0.2, 0) is 4.74 Å². The molecule has 0 amide bonds. The van der Waals surface area contributed by atoms with Gasteiger partial charge in [-0.3, -0.25) is 10.2 Å². The Labute approximate surface area is 86.8 Å². The van der Waals surface area contributed by atoms with E-state index in [0.717, 1.165) is 6.54 Å². The van der Waals surface area contributed by atoms with Crippen molar-refractivity contribution in [2.24, 2.45) is 0 Å². The molecule has 2 aliphatic rings. The summed E-state index contributed by atoms with van der Waals surface area (Å²) in [7, 11) is 0. The third-order valence-corrected chi connectivity index (χ3v) is 3.34. The Morgan fingerprint density at radius 3 is 2.79 bits per heavy atom. The van der Waals surface area contributed by atoms with Crippen LogP contribution in [-0.4, -0.2) is 42.4 Å². The Balaban J connectivity index is 1.96. The molecule has 2 heterocycles. The molecule has 0 saturated carbocycles. The van der Waals surface area contributed by atoms with Gasteiger partial charge < -0.3 is 4.74 Å². The summed E-state index contributed by atoms with van der Waals surface area (Å²) in [6.07, 6.45) is 3.26. The monoisotopic (exact) mass is 198 g/mol. The summed E-state index contributed by atoms with van der Waals surface area (Å²) < 4.78 is 5.87. The van der Waals surface area contributed by atoms with Crippen molar-refractivity contribution in [3.05, 3.63) is 0 Å². The Kier molecular flexibility index (Phi) is 3.10. The van der Waals surface area contributed by atoms with E-state index in [1.54, 1.807) is 0 Å². The Morgan fingerprint density at radius 1 is 1.43 bits per heavy atom. The first-order valence-corrected chi connectivity index (χ1v) is 5.83. The van der Waals surface area contributed by atoms with Crippen LogP contribution >= 0.6 is 0 Å². The summed E-state index contributed by atoms with van der Waals surface area (Å²) in [6.45, 7) is 8.93. The van der Waals surface area contributed by atoms with Crippen molar-refractivity contribution in [2.75, 3.05) is 13.1 Å².